The van der Waals surface area contributed by atoms with E-state index in [2.05, 4.69) is 24.5 Å². The van der Waals surface area contributed by atoms with Crippen LogP contribution in [0.5, 0.6) is 28.9 Å². The van der Waals surface area contributed by atoms with Crippen LogP contribution in [0, 0.1) is 0 Å². The van der Waals surface area contributed by atoms with Crippen LogP contribution in [0.3, 0.4) is 0 Å². The number of halogens is 1. The Morgan fingerprint density at radius 2 is 1.73 bits per heavy atom. The molecule has 0 saturated carbocycles. The van der Waals surface area contributed by atoms with E-state index in [-0.39, 0.29) is 17.1 Å². The molecule has 0 aliphatic carbocycles. The second-order valence-electron chi connectivity index (χ2n) is 8.15. The first-order chi connectivity index (χ1) is 15.7. The van der Waals surface area contributed by atoms with Crippen molar-refractivity contribution in [2.24, 2.45) is 0 Å². The number of rotatable bonds is 7. The average molecular weight is 473 g/mol. The molecule has 0 atom stereocenters. The van der Waals surface area contributed by atoms with Crippen molar-refractivity contribution in [3.05, 3.63) is 52.7 Å². The summed E-state index contributed by atoms with van der Waals surface area (Å²) in [4.78, 5) is 12.8. The first kappa shape index (κ1) is 22.7. The van der Waals surface area contributed by atoms with Gasteiger partial charge in [-0.25, -0.2) is 0 Å². The van der Waals surface area contributed by atoms with E-state index >= 15 is 0 Å². The van der Waals surface area contributed by atoms with Gasteiger partial charge in [-0.05, 0) is 23.8 Å². The minimum Gasteiger partial charge on any atom is -0.496 e. The number of anilines is 2. The first-order valence-corrected chi connectivity index (χ1v) is 10.6. The molecule has 0 radical (unpaired) electrons. The van der Waals surface area contributed by atoms with Gasteiger partial charge in [-0.15, -0.1) is 0 Å². The number of hydrogen-bond acceptors (Lipinski definition) is 7. The summed E-state index contributed by atoms with van der Waals surface area (Å²) in [6.07, 6.45) is 0. The van der Waals surface area contributed by atoms with Crippen molar-refractivity contribution in [3.8, 4) is 28.9 Å². The van der Waals surface area contributed by atoms with E-state index in [0.717, 1.165) is 17.8 Å². The smallest absolute Gasteiger partial charge is 0.291 e. The number of benzene rings is 2. The van der Waals surface area contributed by atoms with Gasteiger partial charge in [0, 0.05) is 35.8 Å². The number of methoxy groups -OCH3 is 3. The maximum atomic E-state index is 12.8. The zero-order chi connectivity index (χ0) is 23.8. The average Bonchev–Trinajstić information content (AvgIpc) is 3.38. The normalized spacial score (nSPS) is 13.6. The predicted octanol–water partition coefficient (Wildman–Crippen LogP) is 5.71. The molecule has 0 spiro atoms. The van der Waals surface area contributed by atoms with Gasteiger partial charge in [0.2, 0.25) is 0 Å². The van der Waals surface area contributed by atoms with Crippen LogP contribution in [0.1, 0.15) is 30.0 Å². The predicted molar refractivity (Wildman–Crippen MR) is 126 cm³/mol. The lowest BCUT2D eigenvalue weighted by Gasteiger charge is -2.18. The molecule has 8 nitrogen and oxygen atoms in total. The highest BCUT2D eigenvalue weighted by atomic mass is 35.5. The van der Waals surface area contributed by atoms with Gasteiger partial charge in [0.05, 0.1) is 26.4 Å². The number of ether oxygens (including phenoxy) is 4. The van der Waals surface area contributed by atoms with Crippen LogP contribution in [0.4, 0.5) is 11.4 Å². The van der Waals surface area contributed by atoms with Crippen LogP contribution in [-0.2, 0) is 5.41 Å². The maximum Gasteiger partial charge on any atom is 0.291 e. The van der Waals surface area contributed by atoms with Crippen molar-refractivity contribution >= 4 is 28.9 Å². The number of hydrogen-bond donors (Lipinski definition) is 2. The molecule has 2 heterocycles. The van der Waals surface area contributed by atoms with E-state index in [9.17, 15) is 4.79 Å². The molecule has 33 heavy (non-hydrogen) atoms. The highest BCUT2D eigenvalue weighted by Gasteiger charge is 2.31. The van der Waals surface area contributed by atoms with Crippen LogP contribution in [0.2, 0.25) is 5.02 Å². The minimum absolute atomic E-state index is 0.0456. The van der Waals surface area contributed by atoms with E-state index in [1.165, 1.54) is 27.4 Å². The standard InChI is InChI=1S/C24H25ClN2O6/c1-24(2)12-26-16-11-15(25)18(10-14(16)24)33-21-7-6-17(32-21)23(28)27-22-19(30-4)8-13(29-3)9-20(22)31-5/h6-11,26H,12H2,1-5H3,(H,27,28). The van der Waals surface area contributed by atoms with Crippen LogP contribution in [0.15, 0.2) is 40.8 Å². The molecular weight excluding hydrogens is 448 g/mol. The van der Waals surface area contributed by atoms with E-state index in [1.54, 1.807) is 18.2 Å². The molecule has 174 valence electrons. The summed E-state index contributed by atoms with van der Waals surface area (Å²) in [6.45, 7) is 5.09. The van der Waals surface area contributed by atoms with Gasteiger partial charge in [-0.3, -0.25) is 4.79 Å². The third kappa shape index (κ3) is 4.39. The molecule has 1 aliphatic heterocycles. The summed E-state index contributed by atoms with van der Waals surface area (Å²) >= 11 is 6.40. The molecule has 4 rings (SSSR count). The lowest BCUT2D eigenvalue weighted by atomic mass is 9.87. The van der Waals surface area contributed by atoms with Gasteiger partial charge in [-0.2, -0.15) is 0 Å². The Hall–Kier alpha value is -3.52. The number of fused-ring (bicyclic) bond motifs is 1. The largest absolute Gasteiger partial charge is 0.496 e. The SMILES string of the molecule is COc1cc(OC)c(NC(=O)c2ccc(Oc3cc4c(cc3Cl)NCC4(C)C)o2)c(OC)c1. The lowest BCUT2D eigenvalue weighted by molar-refractivity contribution is 0.0991. The number of amides is 1. The Morgan fingerprint density at radius 1 is 1.03 bits per heavy atom. The van der Waals surface area contributed by atoms with Gasteiger partial charge in [0.1, 0.15) is 28.7 Å². The molecule has 0 fully saturated rings. The fourth-order valence-corrected chi connectivity index (χ4v) is 3.86. The topological polar surface area (TPSA) is 91.2 Å². The molecule has 1 aliphatic rings. The summed E-state index contributed by atoms with van der Waals surface area (Å²) < 4.78 is 27.4. The third-order valence-corrected chi connectivity index (χ3v) is 5.79. The van der Waals surface area contributed by atoms with Crippen LogP contribution in [-0.4, -0.2) is 33.8 Å². The van der Waals surface area contributed by atoms with E-state index in [0.29, 0.717) is 33.7 Å². The van der Waals surface area contributed by atoms with E-state index < -0.39 is 5.91 Å². The number of nitrogens with one attached hydrogen (secondary N) is 2. The molecule has 0 bridgehead atoms. The number of carbonyl (C=O) groups excluding carboxylic acids is 1. The Kier molecular flexibility index (Phi) is 6.03. The van der Waals surface area contributed by atoms with Crippen molar-refractivity contribution < 1.29 is 28.2 Å². The summed E-state index contributed by atoms with van der Waals surface area (Å²) in [5.41, 5.74) is 2.38. The van der Waals surface area contributed by atoms with Gasteiger partial charge >= 0.3 is 0 Å². The second kappa shape index (κ2) is 8.78. The van der Waals surface area contributed by atoms with Gasteiger partial charge in [0.25, 0.3) is 11.9 Å². The molecule has 2 aromatic carbocycles. The van der Waals surface area contributed by atoms with Crippen molar-refractivity contribution in [1.29, 1.82) is 0 Å². The number of carbonyl (C=O) groups is 1. The third-order valence-electron chi connectivity index (χ3n) is 5.49. The zero-order valence-corrected chi connectivity index (χ0v) is 19.8. The Balaban J connectivity index is 1.55. The van der Waals surface area contributed by atoms with Crippen molar-refractivity contribution in [1.82, 2.24) is 0 Å². The molecule has 1 aromatic heterocycles. The molecule has 2 N–H and O–H groups in total. The van der Waals surface area contributed by atoms with Crippen molar-refractivity contribution in [2.45, 2.75) is 19.3 Å². The van der Waals surface area contributed by atoms with Gasteiger partial charge in [0.15, 0.2) is 5.76 Å². The van der Waals surface area contributed by atoms with Crippen LogP contribution in [0.25, 0.3) is 0 Å². The number of furan rings is 1. The fraction of sp³-hybridized carbons (Fsp3) is 0.292. The monoisotopic (exact) mass is 472 g/mol. The van der Waals surface area contributed by atoms with Gasteiger partial charge in [-0.1, -0.05) is 25.4 Å². The molecule has 1 amide bonds. The Bertz CT molecular complexity index is 1180. The summed E-state index contributed by atoms with van der Waals surface area (Å²) in [7, 11) is 4.50. The van der Waals surface area contributed by atoms with E-state index in [4.69, 9.17) is 35.0 Å². The minimum atomic E-state index is -0.503. The summed E-state index contributed by atoms with van der Waals surface area (Å²) in [5.74, 6) is 1.42. The highest BCUT2D eigenvalue weighted by molar-refractivity contribution is 6.32. The van der Waals surface area contributed by atoms with Crippen LogP contribution < -0.4 is 29.6 Å². The Labute approximate surface area is 196 Å². The second-order valence-corrected chi connectivity index (χ2v) is 8.55. The molecule has 0 unspecified atom stereocenters. The molecular formula is C24H25ClN2O6. The van der Waals surface area contributed by atoms with Gasteiger partial charge < -0.3 is 34.0 Å². The fourth-order valence-electron chi connectivity index (χ4n) is 3.66. The molecule has 3 aromatic rings. The summed E-state index contributed by atoms with van der Waals surface area (Å²) in [6, 6.07) is 10.1. The zero-order valence-electron chi connectivity index (χ0n) is 19.0. The highest BCUT2D eigenvalue weighted by Crippen LogP contribution is 2.43. The van der Waals surface area contributed by atoms with Crippen LogP contribution >= 0.6 is 11.6 Å². The summed E-state index contributed by atoms with van der Waals surface area (Å²) in [5, 5.41) is 6.54. The van der Waals surface area contributed by atoms with Crippen molar-refractivity contribution in [3.63, 3.8) is 0 Å². The van der Waals surface area contributed by atoms with Crippen molar-refractivity contribution in [2.75, 3.05) is 38.5 Å². The quantitative estimate of drug-likeness (QED) is 0.455. The molecule has 9 heteroatoms. The lowest BCUT2D eigenvalue weighted by Crippen LogP contribution is -2.18. The Morgan fingerprint density at radius 3 is 2.36 bits per heavy atom. The first-order valence-electron chi connectivity index (χ1n) is 10.2. The molecule has 0 saturated heterocycles. The van der Waals surface area contributed by atoms with E-state index in [1.807, 2.05) is 12.1 Å². The maximum absolute atomic E-state index is 12.8.